The topological polar surface area (TPSA) is 30.5 Å². The molecule has 1 aromatic carbocycles. The normalized spacial score (nSPS) is 23.8. The van der Waals surface area contributed by atoms with Crippen molar-refractivity contribution in [2.75, 3.05) is 26.3 Å². The summed E-state index contributed by atoms with van der Waals surface area (Å²) in [5.41, 5.74) is 0.0188. The third-order valence-electron chi connectivity index (χ3n) is 3.31. The lowest BCUT2D eigenvalue weighted by Gasteiger charge is -2.34. The molecule has 1 N–H and O–H groups in total. The molecule has 0 aromatic heterocycles. The fraction of sp³-hybridized carbons (Fsp3) is 0.600. The monoisotopic (exact) mass is 249 g/mol. The van der Waals surface area contributed by atoms with Gasteiger partial charge in [-0.1, -0.05) is 18.2 Å². The van der Waals surface area contributed by atoms with E-state index in [1.54, 1.807) is 0 Å². The Morgan fingerprint density at radius 3 is 2.78 bits per heavy atom. The molecular weight excluding hydrogens is 226 g/mol. The lowest BCUT2D eigenvalue weighted by Crippen LogP contribution is -2.45. The maximum absolute atomic E-state index is 5.97. The minimum absolute atomic E-state index is 0.0188. The first-order valence-electron chi connectivity index (χ1n) is 6.81. The molecule has 3 heteroatoms. The van der Waals surface area contributed by atoms with Crippen molar-refractivity contribution in [2.45, 2.75) is 31.8 Å². The average molecular weight is 249 g/mol. The summed E-state index contributed by atoms with van der Waals surface area (Å²) in [4.78, 5) is 0. The van der Waals surface area contributed by atoms with Gasteiger partial charge >= 0.3 is 0 Å². The van der Waals surface area contributed by atoms with E-state index in [1.807, 2.05) is 30.3 Å². The number of para-hydroxylation sites is 1. The highest BCUT2D eigenvalue weighted by Gasteiger charge is 2.26. The molecule has 0 aliphatic carbocycles. The zero-order valence-electron chi connectivity index (χ0n) is 11.2. The first-order valence-corrected chi connectivity index (χ1v) is 6.81. The van der Waals surface area contributed by atoms with E-state index in [4.69, 9.17) is 9.47 Å². The van der Waals surface area contributed by atoms with Gasteiger partial charge in [0.05, 0.1) is 18.8 Å². The van der Waals surface area contributed by atoms with Crippen LogP contribution < -0.4 is 10.1 Å². The van der Waals surface area contributed by atoms with Crippen molar-refractivity contribution in [1.29, 1.82) is 0 Å². The molecule has 100 valence electrons. The van der Waals surface area contributed by atoms with Crippen molar-refractivity contribution in [3.63, 3.8) is 0 Å². The third kappa shape index (κ3) is 4.31. The standard InChI is InChI=1S/C15H23NO2/c1-15(9-5-10-16-13-15)18-12-6-11-17-14-7-3-2-4-8-14/h2-4,7-8,16H,5-6,9-13H2,1H3. The van der Waals surface area contributed by atoms with E-state index < -0.39 is 0 Å². The van der Waals surface area contributed by atoms with Crippen molar-refractivity contribution in [3.8, 4) is 5.75 Å². The van der Waals surface area contributed by atoms with Crippen LogP contribution in [0.3, 0.4) is 0 Å². The van der Waals surface area contributed by atoms with E-state index in [2.05, 4.69) is 12.2 Å². The molecule has 2 rings (SSSR count). The minimum atomic E-state index is 0.0188. The van der Waals surface area contributed by atoms with Crippen LogP contribution in [0.25, 0.3) is 0 Å². The van der Waals surface area contributed by atoms with Crippen LogP contribution in [0.2, 0.25) is 0 Å². The van der Waals surface area contributed by atoms with E-state index in [-0.39, 0.29) is 5.60 Å². The minimum Gasteiger partial charge on any atom is -0.494 e. The highest BCUT2D eigenvalue weighted by atomic mass is 16.5. The van der Waals surface area contributed by atoms with Gasteiger partial charge in [0.25, 0.3) is 0 Å². The number of hydrogen-bond donors (Lipinski definition) is 1. The summed E-state index contributed by atoms with van der Waals surface area (Å²) in [7, 11) is 0. The lowest BCUT2D eigenvalue weighted by molar-refractivity contribution is -0.0497. The van der Waals surface area contributed by atoms with Crippen LogP contribution in [0.5, 0.6) is 5.75 Å². The fourth-order valence-electron chi connectivity index (χ4n) is 2.24. The molecule has 0 bridgehead atoms. The van der Waals surface area contributed by atoms with Gasteiger partial charge in [-0.2, -0.15) is 0 Å². The fourth-order valence-corrected chi connectivity index (χ4v) is 2.24. The van der Waals surface area contributed by atoms with Gasteiger partial charge in [0, 0.05) is 13.0 Å². The van der Waals surface area contributed by atoms with Crippen LogP contribution in [0.1, 0.15) is 26.2 Å². The van der Waals surface area contributed by atoms with Crippen molar-refractivity contribution in [1.82, 2.24) is 5.32 Å². The molecule has 0 saturated carbocycles. The van der Waals surface area contributed by atoms with E-state index in [1.165, 1.54) is 6.42 Å². The summed E-state index contributed by atoms with van der Waals surface area (Å²) < 4.78 is 11.6. The summed E-state index contributed by atoms with van der Waals surface area (Å²) in [6.07, 6.45) is 3.29. The molecule has 3 nitrogen and oxygen atoms in total. The molecular formula is C15H23NO2. The summed E-state index contributed by atoms with van der Waals surface area (Å²) in [6.45, 7) is 5.76. The van der Waals surface area contributed by atoms with Gasteiger partial charge in [0.1, 0.15) is 5.75 Å². The maximum atomic E-state index is 5.97. The number of rotatable bonds is 6. The number of hydrogen-bond acceptors (Lipinski definition) is 3. The largest absolute Gasteiger partial charge is 0.494 e. The zero-order valence-corrected chi connectivity index (χ0v) is 11.2. The number of piperidine rings is 1. The third-order valence-corrected chi connectivity index (χ3v) is 3.31. The molecule has 0 spiro atoms. The van der Waals surface area contributed by atoms with Crippen molar-refractivity contribution < 1.29 is 9.47 Å². The SMILES string of the molecule is CC1(OCCCOc2ccccc2)CCCNC1. The smallest absolute Gasteiger partial charge is 0.119 e. The van der Waals surface area contributed by atoms with Crippen molar-refractivity contribution >= 4 is 0 Å². The van der Waals surface area contributed by atoms with Gasteiger partial charge in [-0.05, 0) is 38.4 Å². The molecule has 0 radical (unpaired) electrons. The molecule has 1 unspecified atom stereocenters. The Labute approximate surface area is 109 Å². The Kier molecular flexibility index (Phi) is 5.02. The number of benzene rings is 1. The van der Waals surface area contributed by atoms with Gasteiger partial charge in [-0.25, -0.2) is 0 Å². The van der Waals surface area contributed by atoms with E-state index in [0.717, 1.165) is 38.3 Å². The van der Waals surface area contributed by atoms with Crippen molar-refractivity contribution in [2.24, 2.45) is 0 Å². The summed E-state index contributed by atoms with van der Waals surface area (Å²) in [6, 6.07) is 9.93. The van der Waals surface area contributed by atoms with Crippen LogP contribution in [-0.4, -0.2) is 31.9 Å². The molecule has 0 amide bonds. The van der Waals surface area contributed by atoms with Gasteiger partial charge in [-0.15, -0.1) is 0 Å². The molecule has 1 saturated heterocycles. The van der Waals surface area contributed by atoms with Crippen LogP contribution in [0.4, 0.5) is 0 Å². The summed E-state index contributed by atoms with van der Waals surface area (Å²) >= 11 is 0. The average Bonchev–Trinajstić information content (AvgIpc) is 2.40. The predicted octanol–water partition coefficient (Wildman–Crippen LogP) is 2.61. The van der Waals surface area contributed by atoms with Crippen LogP contribution >= 0.6 is 0 Å². The Hall–Kier alpha value is -1.06. The van der Waals surface area contributed by atoms with Gasteiger partial charge in [-0.3, -0.25) is 0 Å². The Bertz CT molecular complexity index is 334. The van der Waals surface area contributed by atoms with Crippen LogP contribution in [0.15, 0.2) is 30.3 Å². The molecule has 1 aliphatic heterocycles. The first kappa shape index (κ1) is 13.4. The van der Waals surface area contributed by atoms with E-state index >= 15 is 0 Å². The number of ether oxygens (including phenoxy) is 2. The van der Waals surface area contributed by atoms with Gasteiger partial charge < -0.3 is 14.8 Å². The van der Waals surface area contributed by atoms with Crippen LogP contribution in [-0.2, 0) is 4.74 Å². The Morgan fingerprint density at radius 1 is 1.22 bits per heavy atom. The molecule has 1 aliphatic rings. The lowest BCUT2D eigenvalue weighted by atomic mass is 9.96. The second-order valence-corrected chi connectivity index (χ2v) is 5.09. The van der Waals surface area contributed by atoms with E-state index in [0.29, 0.717) is 6.61 Å². The highest BCUT2D eigenvalue weighted by molar-refractivity contribution is 5.20. The van der Waals surface area contributed by atoms with Crippen molar-refractivity contribution in [3.05, 3.63) is 30.3 Å². The molecule has 18 heavy (non-hydrogen) atoms. The molecule has 1 aromatic rings. The Morgan fingerprint density at radius 2 is 2.06 bits per heavy atom. The molecule has 1 fully saturated rings. The first-order chi connectivity index (χ1) is 8.79. The zero-order chi connectivity index (χ0) is 12.7. The second-order valence-electron chi connectivity index (χ2n) is 5.09. The van der Waals surface area contributed by atoms with Gasteiger partial charge in [0.15, 0.2) is 0 Å². The van der Waals surface area contributed by atoms with Gasteiger partial charge in [0.2, 0.25) is 0 Å². The summed E-state index contributed by atoms with van der Waals surface area (Å²) in [5.74, 6) is 0.933. The highest BCUT2D eigenvalue weighted by Crippen LogP contribution is 2.20. The molecule has 1 atom stereocenters. The van der Waals surface area contributed by atoms with E-state index in [9.17, 15) is 0 Å². The predicted molar refractivity (Wildman–Crippen MR) is 73.0 cm³/mol. The number of nitrogens with one attached hydrogen (secondary N) is 1. The quantitative estimate of drug-likeness (QED) is 0.786. The Balaban J connectivity index is 1.58. The van der Waals surface area contributed by atoms with Crippen LogP contribution in [0, 0.1) is 0 Å². The molecule has 1 heterocycles. The maximum Gasteiger partial charge on any atom is 0.119 e. The second kappa shape index (κ2) is 6.76. The summed E-state index contributed by atoms with van der Waals surface area (Å²) in [5, 5.41) is 3.39.